The van der Waals surface area contributed by atoms with Gasteiger partial charge in [-0.15, -0.1) is 0 Å². The fourth-order valence-electron chi connectivity index (χ4n) is 1.93. The molecule has 0 bridgehead atoms. The van der Waals surface area contributed by atoms with E-state index in [0.717, 1.165) is 0 Å². The Morgan fingerprint density at radius 2 is 2.00 bits per heavy atom. The first kappa shape index (κ1) is 14.6. The van der Waals surface area contributed by atoms with E-state index >= 15 is 0 Å². The minimum Gasteiger partial charge on any atom is -0.481 e. The summed E-state index contributed by atoms with van der Waals surface area (Å²) in [5, 5.41) is 7.84. The first-order valence-corrected chi connectivity index (χ1v) is 6.22. The molecule has 1 heterocycles. The summed E-state index contributed by atoms with van der Waals surface area (Å²) in [7, 11) is 3.22. The second kappa shape index (κ2) is 6.08. The van der Waals surface area contributed by atoms with Gasteiger partial charge < -0.3 is 15.3 Å². The molecule has 0 saturated heterocycles. The van der Waals surface area contributed by atoms with Crippen LogP contribution in [0.3, 0.4) is 0 Å². The van der Waals surface area contributed by atoms with Gasteiger partial charge in [0.25, 0.3) is 0 Å². The minimum absolute atomic E-state index is 0.0294. The first-order valence-electron chi connectivity index (χ1n) is 6.22. The fourth-order valence-corrected chi connectivity index (χ4v) is 1.93. The number of aryl methyl sites for hydroxylation is 2. The zero-order valence-electron chi connectivity index (χ0n) is 12.0. The van der Waals surface area contributed by atoms with E-state index in [1.54, 1.807) is 44.3 Å². The van der Waals surface area contributed by atoms with Crippen LogP contribution in [0.15, 0.2) is 35.5 Å². The van der Waals surface area contributed by atoms with Gasteiger partial charge >= 0.3 is 5.97 Å². The van der Waals surface area contributed by atoms with Crippen LogP contribution in [-0.2, 0) is 11.9 Å². The van der Waals surface area contributed by atoms with Gasteiger partial charge in [-0.3, -0.25) is 0 Å². The lowest BCUT2D eigenvalue weighted by atomic mass is 10.2. The zero-order chi connectivity index (χ0) is 15.4. The number of benzene rings is 1. The van der Waals surface area contributed by atoms with Crippen LogP contribution in [0.2, 0.25) is 0 Å². The summed E-state index contributed by atoms with van der Waals surface area (Å²) >= 11 is 0. The van der Waals surface area contributed by atoms with Gasteiger partial charge in [0, 0.05) is 7.05 Å². The molecule has 0 saturated carbocycles. The summed E-state index contributed by atoms with van der Waals surface area (Å²) in [6.07, 6.45) is 0. The molecule has 0 fully saturated rings. The highest BCUT2D eigenvalue weighted by Gasteiger charge is 2.18. The van der Waals surface area contributed by atoms with Crippen molar-refractivity contribution in [1.82, 2.24) is 9.78 Å². The number of ether oxygens (including phenoxy) is 1. The van der Waals surface area contributed by atoms with Crippen LogP contribution in [0.1, 0.15) is 21.6 Å². The maximum absolute atomic E-state index is 11.8. The van der Waals surface area contributed by atoms with Crippen LogP contribution in [-0.4, -0.2) is 28.7 Å². The van der Waals surface area contributed by atoms with Gasteiger partial charge in [-0.2, -0.15) is 5.10 Å². The Morgan fingerprint density at radius 1 is 1.33 bits per heavy atom. The molecule has 0 radical (unpaired) electrons. The Bertz CT molecular complexity index is 677. The monoisotopic (exact) mass is 288 g/mol. The van der Waals surface area contributed by atoms with E-state index < -0.39 is 5.97 Å². The van der Waals surface area contributed by atoms with Gasteiger partial charge in [0.1, 0.15) is 5.56 Å². The molecule has 2 rings (SSSR count). The fraction of sp³-hybridized carbons (Fsp3) is 0.214. The molecule has 2 N–H and O–H groups in total. The van der Waals surface area contributed by atoms with Crippen LogP contribution < -0.4 is 10.5 Å². The van der Waals surface area contributed by atoms with E-state index in [-0.39, 0.29) is 5.84 Å². The maximum Gasteiger partial charge on any atom is 0.365 e. The summed E-state index contributed by atoms with van der Waals surface area (Å²) in [5.74, 6) is -0.106. The number of aromatic nitrogens is 2. The van der Waals surface area contributed by atoms with Gasteiger partial charge in [-0.1, -0.05) is 23.4 Å². The molecule has 0 atom stereocenters. The Kier molecular flexibility index (Phi) is 4.22. The van der Waals surface area contributed by atoms with Crippen molar-refractivity contribution in [2.75, 3.05) is 7.11 Å². The van der Waals surface area contributed by atoms with Crippen LogP contribution >= 0.6 is 0 Å². The number of hydrogen-bond donors (Lipinski definition) is 1. The molecule has 2 aromatic rings. The number of oxime groups is 1. The summed E-state index contributed by atoms with van der Waals surface area (Å²) in [6.45, 7) is 1.76. The van der Waals surface area contributed by atoms with Crippen molar-refractivity contribution >= 4 is 11.8 Å². The van der Waals surface area contributed by atoms with E-state index in [2.05, 4.69) is 10.3 Å². The molecule has 0 spiro atoms. The average Bonchev–Trinajstić information content (AvgIpc) is 2.79. The lowest BCUT2D eigenvalue weighted by molar-refractivity contribution is 0.0516. The Balaban J connectivity index is 2.21. The van der Waals surface area contributed by atoms with Crippen molar-refractivity contribution < 1.29 is 14.4 Å². The number of carbonyl (C=O) groups excluding carboxylic acids is 1. The minimum atomic E-state index is -0.584. The number of methoxy groups -OCH3 is 1. The quantitative estimate of drug-likeness (QED) is 0.395. The molecule has 0 amide bonds. The predicted octanol–water partition coefficient (Wildman–Crippen LogP) is 1.21. The number of amidine groups is 1. The molecule has 7 nitrogen and oxygen atoms in total. The van der Waals surface area contributed by atoms with E-state index in [1.807, 2.05) is 0 Å². The standard InChI is InChI=1S/C14H16N4O3/c1-9-11(13(20-3)18(2)16-9)12(15)17-21-14(19)10-7-5-4-6-8-10/h4-8H,1-3H3,(H2,15,17). The summed E-state index contributed by atoms with van der Waals surface area (Å²) in [4.78, 5) is 16.6. The largest absolute Gasteiger partial charge is 0.481 e. The van der Waals surface area contributed by atoms with Crippen molar-refractivity contribution in [2.45, 2.75) is 6.92 Å². The molecular formula is C14H16N4O3. The molecule has 1 aromatic heterocycles. The van der Waals surface area contributed by atoms with Crippen molar-refractivity contribution in [3.05, 3.63) is 47.2 Å². The lowest BCUT2D eigenvalue weighted by Crippen LogP contribution is -2.17. The maximum atomic E-state index is 11.8. The second-order valence-electron chi connectivity index (χ2n) is 4.31. The van der Waals surface area contributed by atoms with Crippen LogP contribution in [0.25, 0.3) is 0 Å². The number of nitrogens with zero attached hydrogens (tertiary/aromatic N) is 3. The molecule has 0 aliphatic heterocycles. The number of rotatable bonds is 4. The van der Waals surface area contributed by atoms with Crippen molar-refractivity contribution in [3.63, 3.8) is 0 Å². The summed E-state index contributed by atoms with van der Waals surface area (Å²) < 4.78 is 6.74. The van der Waals surface area contributed by atoms with E-state index in [4.69, 9.17) is 15.3 Å². The normalized spacial score (nSPS) is 11.3. The third-order valence-corrected chi connectivity index (χ3v) is 2.86. The second-order valence-corrected chi connectivity index (χ2v) is 4.31. The number of nitrogens with two attached hydrogens (primary N) is 1. The average molecular weight is 288 g/mol. The van der Waals surface area contributed by atoms with Gasteiger partial charge in [0.15, 0.2) is 5.84 Å². The molecule has 0 aliphatic carbocycles. The van der Waals surface area contributed by atoms with Crippen molar-refractivity contribution in [3.8, 4) is 5.88 Å². The highest BCUT2D eigenvalue weighted by molar-refractivity contribution is 6.01. The van der Waals surface area contributed by atoms with Gasteiger partial charge in [0.2, 0.25) is 5.88 Å². The SMILES string of the molecule is COc1c(C(N)=NOC(=O)c2ccccc2)c(C)nn1C. The molecule has 1 aromatic carbocycles. The molecular weight excluding hydrogens is 272 g/mol. The highest BCUT2D eigenvalue weighted by atomic mass is 16.7. The molecule has 0 aliphatic rings. The van der Waals surface area contributed by atoms with Gasteiger partial charge in [0.05, 0.1) is 18.4 Å². The van der Waals surface area contributed by atoms with Gasteiger partial charge in [-0.05, 0) is 19.1 Å². The third kappa shape index (κ3) is 3.02. The van der Waals surface area contributed by atoms with Crippen molar-refractivity contribution in [1.29, 1.82) is 0 Å². The highest BCUT2D eigenvalue weighted by Crippen LogP contribution is 2.20. The predicted molar refractivity (Wildman–Crippen MR) is 77.1 cm³/mol. The molecule has 110 valence electrons. The first-order chi connectivity index (χ1) is 10.0. The van der Waals surface area contributed by atoms with Crippen LogP contribution in [0.4, 0.5) is 0 Å². The summed E-state index contributed by atoms with van der Waals surface area (Å²) in [5.41, 5.74) is 7.38. The van der Waals surface area contributed by atoms with E-state index in [9.17, 15) is 4.79 Å². The zero-order valence-corrected chi connectivity index (χ0v) is 12.0. The number of hydrogen-bond acceptors (Lipinski definition) is 5. The third-order valence-electron chi connectivity index (χ3n) is 2.86. The van der Waals surface area contributed by atoms with Crippen molar-refractivity contribution in [2.24, 2.45) is 17.9 Å². The number of carbonyl (C=O) groups is 1. The van der Waals surface area contributed by atoms with E-state index in [1.165, 1.54) is 11.8 Å². The molecule has 0 unspecified atom stereocenters. The summed E-state index contributed by atoms with van der Waals surface area (Å²) in [6, 6.07) is 8.53. The Labute approximate surface area is 121 Å². The smallest absolute Gasteiger partial charge is 0.365 e. The van der Waals surface area contributed by atoms with Gasteiger partial charge in [-0.25, -0.2) is 9.48 Å². The topological polar surface area (TPSA) is 91.7 Å². The Morgan fingerprint density at radius 3 is 2.62 bits per heavy atom. The molecule has 7 heteroatoms. The Hall–Kier alpha value is -2.83. The van der Waals surface area contributed by atoms with E-state index in [0.29, 0.717) is 22.7 Å². The lowest BCUT2D eigenvalue weighted by Gasteiger charge is -2.04. The van der Waals surface area contributed by atoms with Crippen LogP contribution in [0.5, 0.6) is 5.88 Å². The van der Waals surface area contributed by atoms with Crippen LogP contribution in [0, 0.1) is 6.92 Å². The molecule has 21 heavy (non-hydrogen) atoms.